The summed E-state index contributed by atoms with van der Waals surface area (Å²) in [4.78, 5) is 3.18. The molecule has 1 N–H and O–H groups in total. The highest BCUT2D eigenvalue weighted by Crippen LogP contribution is 2.22. The van der Waals surface area contributed by atoms with Crippen LogP contribution in [0.2, 0.25) is 0 Å². The van der Waals surface area contributed by atoms with Gasteiger partial charge in [0.1, 0.15) is 0 Å². The summed E-state index contributed by atoms with van der Waals surface area (Å²) >= 11 is 5.24. The lowest BCUT2D eigenvalue weighted by Crippen LogP contribution is -2.09. The van der Waals surface area contributed by atoms with Crippen molar-refractivity contribution in [2.75, 3.05) is 17.8 Å². The van der Waals surface area contributed by atoms with Crippen molar-refractivity contribution >= 4 is 43.9 Å². The number of aryl methyl sites for hydroxylation is 1. The van der Waals surface area contributed by atoms with Gasteiger partial charge in [-0.2, -0.15) is 0 Å². The molecule has 1 unspecified atom stereocenters. The third-order valence-electron chi connectivity index (χ3n) is 3.04. The van der Waals surface area contributed by atoms with Crippen LogP contribution >= 0.6 is 12.2 Å². The first-order chi connectivity index (χ1) is 9.34. The Kier molecular flexibility index (Phi) is 4.46. The fraction of sp³-hybridized carbons (Fsp3) is 0.417. The highest BCUT2D eigenvalue weighted by Gasteiger charge is 2.15. The zero-order valence-electron chi connectivity index (χ0n) is 11.3. The quantitative estimate of drug-likeness (QED) is 0.849. The Morgan fingerprint density at radius 3 is 2.70 bits per heavy atom. The molecule has 0 fully saturated rings. The van der Waals surface area contributed by atoms with Gasteiger partial charge in [0.2, 0.25) is 0 Å². The maximum absolute atomic E-state index is 11.8. The molecule has 2 rings (SSSR count). The van der Waals surface area contributed by atoms with Crippen molar-refractivity contribution in [2.24, 2.45) is 0 Å². The number of H-pyrrole nitrogens is 1. The minimum atomic E-state index is -3.32. The Balaban J connectivity index is 2.56. The van der Waals surface area contributed by atoms with E-state index >= 15 is 0 Å². The lowest BCUT2D eigenvalue weighted by atomic mass is 10.3. The number of nitrogens with zero attached hydrogens (tertiary/aromatic N) is 1. The van der Waals surface area contributed by atoms with Crippen LogP contribution in [-0.4, -0.2) is 39.9 Å². The second kappa shape index (κ2) is 5.79. The molecule has 20 heavy (non-hydrogen) atoms. The second-order valence-electron chi connectivity index (χ2n) is 4.44. The highest BCUT2D eigenvalue weighted by atomic mass is 32.2. The average molecular weight is 332 g/mol. The molecule has 2 aromatic rings. The van der Waals surface area contributed by atoms with Crippen molar-refractivity contribution in [2.45, 2.75) is 18.4 Å². The fourth-order valence-electron chi connectivity index (χ4n) is 2.02. The summed E-state index contributed by atoms with van der Waals surface area (Å²) in [7, 11) is -4.20. The smallest absolute Gasteiger partial charge is 0.178 e. The van der Waals surface area contributed by atoms with E-state index in [9.17, 15) is 12.6 Å². The molecule has 5 nitrogen and oxygen atoms in total. The average Bonchev–Trinajstić information content (AvgIpc) is 2.70. The number of benzene rings is 1. The SMILES string of the molecule is CCS(=O)CCn1c(=S)[nH]c2c(S(C)(=O)=O)cccc21. The summed E-state index contributed by atoms with van der Waals surface area (Å²) in [5.74, 6) is 1.10. The molecule has 0 aliphatic heterocycles. The molecule has 0 aliphatic rings. The van der Waals surface area contributed by atoms with Crippen molar-refractivity contribution in [3.63, 3.8) is 0 Å². The molecular weight excluding hydrogens is 316 g/mol. The number of sulfone groups is 1. The van der Waals surface area contributed by atoms with E-state index in [1.54, 1.807) is 16.7 Å². The van der Waals surface area contributed by atoms with Crippen LogP contribution in [-0.2, 0) is 27.2 Å². The summed E-state index contributed by atoms with van der Waals surface area (Å²) in [5, 5.41) is 0. The summed E-state index contributed by atoms with van der Waals surface area (Å²) in [6, 6.07) is 5.05. The van der Waals surface area contributed by atoms with Gasteiger partial charge in [0, 0.05) is 35.1 Å². The summed E-state index contributed by atoms with van der Waals surface area (Å²) < 4.78 is 37.3. The van der Waals surface area contributed by atoms with Crippen LogP contribution in [0.4, 0.5) is 0 Å². The molecule has 0 radical (unpaired) electrons. The standard InChI is InChI=1S/C12H16N2O3S3/c1-3-19(15)8-7-14-9-5-4-6-10(20(2,16)17)11(9)13-12(14)18/h4-6H,3,7-8H2,1-2H3,(H,13,18). The maximum Gasteiger partial charge on any atom is 0.178 e. The predicted molar refractivity (Wildman–Crippen MR) is 83.8 cm³/mol. The molecule has 0 saturated heterocycles. The number of hydrogen-bond donors (Lipinski definition) is 1. The Labute approximate surface area is 125 Å². The van der Waals surface area contributed by atoms with Crippen LogP contribution in [0.3, 0.4) is 0 Å². The van der Waals surface area contributed by atoms with Gasteiger partial charge >= 0.3 is 0 Å². The molecule has 8 heteroatoms. The zero-order chi connectivity index (χ0) is 14.9. The summed E-state index contributed by atoms with van der Waals surface area (Å²) in [6.07, 6.45) is 1.17. The van der Waals surface area contributed by atoms with E-state index in [0.29, 0.717) is 28.3 Å². The van der Waals surface area contributed by atoms with Gasteiger partial charge in [-0.1, -0.05) is 13.0 Å². The van der Waals surface area contributed by atoms with Crippen molar-refractivity contribution in [1.82, 2.24) is 9.55 Å². The molecule has 0 spiro atoms. The molecular formula is C12H16N2O3S3. The van der Waals surface area contributed by atoms with Crippen molar-refractivity contribution in [1.29, 1.82) is 0 Å². The largest absolute Gasteiger partial charge is 0.329 e. The molecule has 0 aliphatic carbocycles. The Morgan fingerprint density at radius 2 is 2.10 bits per heavy atom. The third-order valence-corrected chi connectivity index (χ3v) is 5.78. The van der Waals surface area contributed by atoms with E-state index < -0.39 is 20.6 Å². The number of imidazole rings is 1. The van der Waals surface area contributed by atoms with E-state index in [4.69, 9.17) is 12.2 Å². The van der Waals surface area contributed by atoms with Gasteiger partial charge in [-0.3, -0.25) is 4.21 Å². The van der Waals surface area contributed by atoms with Crippen molar-refractivity contribution in [3.8, 4) is 0 Å². The van der Waals surface area contributed by atoms with Crippen LogP contribution in [0, 0.1) is 4.77 Å². The van der Waals surface area contributed by atoms with Crippen LogP contribution in [0.5, 0.6) is 0 Å². The Morgan fingerprint density at radius 1 is 1.40 bits per heavy atom. The minimum absolute atomic E-state index is 0.233. The molecule has 1 heterocycles. The molecule has 1 aromatic carbocycles. The van der Waals surface area contributed by atoms with Gasteiger partial charge in [0.05, 0.1) is 15.9 Å². The Hall–Kier alpha value is -0.990. The zero-order valence-corrected chi connectivity index (χ0v) is 13.7. The summed E-state index contributed by atoms with van der Waals surface area (Å²) in [6.45, 7) is 2.37. The van der Waals surface area contributed by atoms with Gasteiger partial charge in [0.15, 0.2) is 14.6 Å². The van der Waals surface area contributed by atoms with E-state index in [2.05, 4.69) is 4.98 Å². The van der Waals surface area contributed by atoms with Crippen molar-refractivity contribution in [3.05, 3.63) is 23.0 Å². The number of rotatable bonds is 5. The van der Waals surface area contributed by atoms with Gasteiger partial charge in [-0.05, 0) is 24.4 Å². The number of fused-ring (bicyclic) bond motifs is 1. The van der Waals surface area contributed by atoms with Crippen LogP contribution in [0.15, 0.2) is 23.1 Å². The van der Waals surface area contributed by atoms with Crippen LogP contribution in [0.25, 0.3) is 11.0 Å². The van der Waals surface area contributed by atoms with E-state index in [1.807, 2.05) is 13.0 Å². The maximum atomic E-state index is 11.8. The number of aromatic nitrogens is 2. The number of aromatic amines is 1. The monoisotopic (exact) mass is 332 g/mol. The molecule has 110 valence electrons. The topological polar surface area (TPSA) is 71.9 Å². The molecule has 0 saturated carbocycles. The van der Waals surface area contributed by atoms with E-state index in [0.717, 1.165) is 5.52 Å². The van der Waals surface area contributed by atoms with Gasteiger partial charge in [0.25, 0.3) is 0 Å². The number of nitrogens with one attached hydrogen (secondary N) is 1. The predicted octanol–water partition coefficient (Wildman–Crippen LogP) is 1.87. The summed E-state index contributed by atoms with van der Waals surface area (Å²) in [5.41, 5.74) is 1.24. The second-order valence-corrected chi connectivity index (χ2v) is 8.67. The lowest BCUT2D eigenvalue weighted by Gasteiger charge is -2.05. The first-order valence-electron chi connectivity index (χ1n) is 6.11. The highest BCUT2D eigenvalue weighted by molar-refractivity contribution is 7.91. The van der Waals surface area contributed by atoms with Gasteiger partial charge < -0.3 is 9.55 Å². The first-order valence-corrected chi connectivity index (χ1v) is 9.90. The number of para-hydroxylation sites is 1. The van der Waals surface area contributed by atoms with Crippen LogP contribution < -0.4 is 0 Å². The first kappa shape index (κ1) is 15.4. The molecule has 0 amide bonds. The van der Waals surface area contributed by atoms with E-state index in [1.165, 1.54) is 6.26 Å². The van der Waals surface area contributed by atoms with Crippen LogP contribution in [0.1, 0.15) is 6.92 Å². The molecule has 1 aromatic heterocycles. The Bertz CT molecular complexity index is 818. The fourth-order valence-corrected chi connectivity index (χ4v) is 3.84. The van der Waals surface area contributed by atoms with Crippen molar-refractivity contribution < 1.29 is 12.6 Å². The molecule has 0 bridgehead atoms. The minimum Gasteiger partial charge on any atom is -0.329 e. The number of hydrogen-bond acceptors (Lipinski definition) is 4. The normalized spacial score (nSPS) is 13.7. The van der Waals surface area contributed by atoms with E-state index in [-0.39, 0.29) is 4.90 Å². The van der Waals surface area contributed by atoms with Gasteiger partial charge in [-0.25, -0.2) is 8.42 Å². The molecule has 1 atom stereocenters. The lowest BCUT2D eigenvalue weighted by molar-refractivity contribution is 0.602. The van der Waals surface area contributed by atoms with Gasteiger partial charge in [-0.15, -0.1) is 0 Å². The third kappa shape index (κ3) is 3.02.